The van der Waals surface area contributed by atoms with Crippen molar-refractivity contribution in [2.45, 2.75) is 44.7 Å². The van der Waals surface area contributed by atoms with E-state index in [4.69, 9.17) is 5.73 Å². The van der Waals surface area contributed by atoms with Crippen molar-refractivity contribution in [3.05, 3.63) is 17.2 Å². The zero-order valence-electron chi connectivity index (χ0n) is 8.01. The van der Waals surface area contributed by atoms with E-state index in [1.807, 2.05) is 0 Å². The Labute approximate surface area is 78.0 Å². The topological polar surface area (TPSA) is 43.8 Å². The third kappa shape index (κ3) is 0.908. The smallest absolute Gasteiger partial charge is 0.109 e. The van der Waals surface area contributed by atoms with Gasteiger partial charge in [-0.2, -0.15) is 0 Å². The Kier molecular flexibility index (Phi) is 1.25. The van der Waals surface area contributed by atoms with Crippen LogP contribution in [0.1, 0.15) is 36.5 Å². The lowest BCUT2D eigenvalue weighted by Gasteiger charge is -2.12. The van der Waals surface area contributed by atoms with Gasteiger partial charge in [-0.05, 0) is 26.2 Å². The summed E-state index contributed by atoms with van der Waals surface area (Å²) >= 11 is 0. The summed E-state index contributed by atoms with van der Waals surface area (Å²) in [7, 11) is 0. The maximum absolute atomic E-state index is 6.23. The summed E-state index contributed by atoms with van der Waals surface area (Å²) in [5.41, 5.74) is 8.69. The van der Waals surface area contributed by atoms with Gasteiger partial charge in [0.1, 0.15) is 5.82 Å². The molecule has 0 amide bonds. The van der Waals surface area contributed by atoms with Crippen molar-refractivity contribution in [1.29, 1.82) is 0 Å². The molecule has 1 saturated carbocycles. The number of imidazole rings is 1. The molecule has 1 aromatic heterocycles. The van der Waals surface area contributed by atoms with Crippen LogP contribution in [0.25, 0.3) is 0 Å². The van der Waals surface area contributed by atoms with E-state index in [9.17, 15) is 0 Å². The largest absolute Gasteiger partial charge is 0.330 e. The average molecular weight is 177 g/mol. The fraction of sp³-hybridized carbons (Fsp3) is 0.700. The highest BCUT2D eigenvalue weighted by Gasteiger charge is 2.45. The number of hydrogen-bond acceptors (Lipinski definition) is 2. The summed E-state index contributed by atoms with van der Waals surface area (Å²) in [6.07, 6.45) is 4.65. The molecule has 2 N–H and O–H groups in total. The van der Waals surface area contributed by atoms with E-state index in [0.717, 1.165) is 31.5 Å². The van der Waals surface area contributed by atoms with Crippen LogP contribution in [0.4, 0.5) is 0 Å². The van der Waals surface area contributed by atoms with Gasteiger partial charge in [-0.15, -0.1) is 0 Å². The highest BCUT2D eigenvalue weighted by molar-refractivity contribution is 5.30. The van der Waals surface area contributed by atoms with E-state index in [-0.39, 0.29) is 5.54 Å². The Bertz CT molecular complexity index is 360. The lowest BCUT2D eigenvalue weighted by Crippen LogP contribution is -2.23. The van der Waals surface area contributed by atoms with Crippen LogP contribution in [0.2, 0.25) is 0 Å². The van der Waals surface area contributed by atoms with Crippen LogP contribution in [-0.2, 0) is 18.5 Å². The molecule has 3 heteroatoms. The Hall–Kier alpha value is -0.830. The van der Waals surface area contributed by atoms with Crippen molar-refractivity contribution in [2.24, 2.45) is 5.73 Å². The average Bonchev–Trinajstić information content (AvgIpc) is 2.55. The van der Waals surface area contributed by atoms with Gasteiger partial charge in [-0.3, -0.25) is 0 Å². The third-order valence-corrected chi connectivity index (χ3v) is 3.26. The van der Waals surface area contributed by atoms with Crippen molar-refractivity contribution in [3.63, 3.8) is 0 Å². The molecular formula is C10H15N3. The molecule has 1 fully saturated rings. The first-order valence-corrected chi connectivity index (χ1v) is 5.06. The van der Waals surface area contributed by atoms with E-state index in [1.165, 1.54) is 17.9 Å². The molecule has 2 heterocycles. The quantitative estimate of drug-likeness (QED) is 0.697. The molecule has 1 aliphatic heterocycles. The Morgan fingerprint density at radius 1 is 1.46 bits per heavy atom. The van der Waals surface area contributed by atoms with Gasteiger partial charge >= 0.3 is 0 Å². The van der Waals surface area contributed by atoms with Gasteiger partial charge in [-0.1, -0.05) is 0 Å². The van der Waals surface area contributed by atoms with Crippen molar-refractivity contribution >= 4 is 0 Å². The van der Waals surface area contributed by atoms with Crippen LogP contribution in [0.15, 0.2) is 0 Å². The number of fused-ring (bicyclic) bond motifs is 1. The van der Waals surface area contributed by atoms with Crippen LogP contribution < -0.4 is 5.73 Å². The molecular weight excluding hydrogens is 162 g/mol. The molecule has 70 valence electrons. The molecule has 3 nitrogen and oxygen atoms in total. The van der Waals surface area contributed by atoms with Crippen LogP contribution in [0.3, 0.4) is 0 Å². The standard InChI is InChI=1S/C10H15N3/c1-7-9(10(11)4-5-10)13-6-2-3-8(13)12-7/h2-6,11H2,1H3. The molecule has 0 unspecified atom stereocenters. The first-order valence-electron chi connectivity index (χ1n) is 5.06. The minimum Gasteiger partial charge on any atom is -0.330 e. The Balaban J connectivity index is 2.17. The first-order chi connectivity index (χ1) is 6.21. The summed E-state index contributed by atoms with van der Waals surface area (Å²) in [5.74, 6) is 1.25. The molecule has 1 aliphatic carbocycles. The van der Waals surface area contributed by atoms with Crippen LogP contribution in [0, 0.1) is 6.92 Å². The zero-order valence-corrected chi connectivity index (χ0v) is 8.01. The zero-order chi connectivity index (χ0) is 9.05. The number of nitrogens with zero attached hydrogens (tertiary/aromatic N) is 2. The first kappa shape index (κ1) is 7.56. The lowest BCUT2D eigenvalue weighted by molar-refractivity contribution is 0.614. The highest BCUT2D eigenvalue weighted by atomic mass is 15.1. The van der Waals surface area contributed by atoms with Crippen LogP contribution >= 0.6 is 0 Å². The monoisotopic (exact) mass is 177 g/mol. The number of aryl methyl sites for hydroxylation is 2. The predicted molar refractivity (Wildman–Crippen MR) is 50.4 cm³/mol. The minimum absolute atomic E-state index is 0.0142. The van der Waals surface area contributed by atoms with Crippen LogP contribution in [-0.4, -0.2) is 9.55 Å². The van der Waals surface area contributed by atoms with Crippen molar-refractivity contribution < 1.29 is 0 Å². The Morgan fingerprint density at radius 2 is 2.23 bits per heavy atom. The van der Waals surface area contributed by atoms with Crippen molar-refractivity contribution in [2.75, 3.05) is 0 Å². The number of nitrogens with two attached hydrogens (primary N) is 1. The van der Waals surface area contributed by atoms with E-state index in [2.05, 4.69) is 16.5 Å². The summed E-state index contributed by atoms with van der Waals surface area (Å²) in [6, 6.07) is 0. The van der Waals surface area contributed by atoms with E-state index in [0.29, 0.717) is 0 Å². The van der Waals surface area contributed by atoms with Crippen LogP contribution in [0.5, 0.6) is 0 Å². The second-order valence-electron chi connectivity index (χ2n) is 4.37. The lowest BCUT2D eigenvalue weighted by atomic mass is 10.1. The normalized spacial score (nSPS) is 23.2. The maximum Gasteiger partial charge on any atom is 0.109 e. The molecule has 3 rings (SSSR count). The van der Waals surface area contributed by atoms with Crippen molar-refractivity contribution in [1.82, 2.24) is 9.55 Å². The number of hydrogen-bond donors (Lipinski definition) is 1. The molecule has 0 spiro atoms. The molecule has 0 atom stereocenters. The molecule has 1 aromatic rings. The second-order valence-corrected chi connectivity index (χ2v) is 4.37. The Morgan fingerprint density at radius 3 is 2.92 bits per heavy atom. The summed E-state index contributed by atoms with van der Waals surface area (Å²) in [4.78, 5) is 4.58. The van der Waals surface area contributed by atoms with E-state index in [1.54, 1.807) is 0 Å². The summed E-state index contributed by atoms with van der Waals surface area (Å²) in [6.45, 7) is 3.22. The minimum atomic E-state index is -0.0142. The molecule has 2 aliphatic rings. The van der Waals surface area contributed by atoms with E-state index >= 15 is 0 Å². The van der Waals surface area contributed by atoms with Gasteiger partial charge in [0.25, 0.3) is 0 Å². The predicted octanol–water partition coefficient (Wildman–Crippen LogP) is 1.09. The van der Waals surface area contributed by atoms with Gasteiger partial charge in [-0.25, -0.2) is 4.98 Å². The fourth-order valence-corrected chi connectivity index (χ4v) is 2.46. The second kappa shape index (κ2) is 2.15. The summed E-state index contributed by atoms with van der Waals surface area (Å²) < 4.78 is 2.35. The molecule has 0 bridgehead atoms. The van der Waals surface area contributed by atoms with Gasteiger partial charge < -0.3 is 10.3 Å². The number of aromatic nitrogens is 2. The highest BCUT2D eigenvalue weighted by Crippen LogP contribution is 2.45. The van der Waals surface area contributed by atoms with Gasteiger partial charge in [0, 0.05) is 13.0 Å². The van der Waals surface area contributed by atoms with Gasteiger partial charge in [0.2, 0.25) is 0 Å². The van der Waals surface area contributed by atoms with E-state index < -0.39 is 0 Å². The molecule has 0 saturated heterocycles. The molecule has 0 radical (unpaired) electrons. The molecule has 0 aromatic carbocycles. The fourth-order valence-electron chi connectivity index (χ4n) is 2.46. The van der Waals surface area contributed by atoms with Gasteiger partial charge in [0.15, 0.2) is 0 Å². The maximum atomic E-state index is 6.23. The third-order valence-electron chi connectivity index (χ3n) is 3.26. The SMILES string of the molecule is Cc1nc2n(c1C1(N)CC1)CCC2. The number of rotatable bonds is 1. The van der Waals surface area contributed by atoms with Crippen molar-refractivity contribution in [3.8, 4) is 0 Å². The summed E-state index contributed by atoms with van der Waals surface area (Å²) in [5, 5.41) is 0. The molecule has 13 heavy (non-hydrogen) atoms. The van der Waals surface area contributed by atoms with Gasteiger partial charge in [0.05, 0.1) is 16.9 Å².